The van der Waals surface area contributed by atoms with E-state index in [0.717, 1.165) is 4.31 Å². The van der Waals surface area contributed by atoms with Crippen LogP contribution < -0.4 is 9.62 Å². The smallest absolute Gasteiger partial charge is 0.264 e. The van der Waals surface area contributed by atoms with Crippen LogP contribution in [-0.4, -0.2) is 43.8 Å². The van der Waals surface area contributed by atoms with Gasteiger partial charge in [0, 0.05) is 22.6 Å². The molecule has 2 amide bonds. The first-order valence-electron chi connectivity index (χ1n) is 11.7. The van der Waals surface area contributed by atoms with Crippen LogP contribution in [0.25, 0.3) is 0 Å². The number of nitrogens with one attached hydrogen (secondary N) is 1. The second kappa shape index (κ2) is 12.4. The largest absolute Gasteiger partial charge is 0.352 e. The summed E-state index contributed by atoms with van der Waals surface area (Å²) in [4.78, 5) is 28.1. The number of carbonyl (C=O) groups excluding carboxylic acids is 2. The van der Waals surface area contributed by atoms with E-state index in [0.29, 0.717) is 21.3 Å². The predicted octanol–water partition coefficient (Wildman–Crippen LogP) is 5.13. The summed E-state index contributed by atoms with van der Waals surface area (Å²) in [6.07, 6.45) is 0. The van der Waals surface area contributed by atoms with E-state index in [1.54, 1.807) is 73.7 Å². The fourth-order valence-corrected chi connectivity index (χ4v) is 5.57. The maximum atomic E-state index is 13.8. The number of benzene rings is 3. The Hall–Kier alpha value is -3.07. The van der Waals surface area contributed by atoms with Crippen molar-refractivity contribution >= 4 is 50.7 Å². The Balaban J connectivity index is 2.01. The van der Waals surface area contributed by atoms with Gasteiger partial charge in [-0.3, -0.25) is 13.9 Å². The molecule has 0 bridgehead atoms. The van der Waals surface area contributed by atoms with Crippen LogP contribution in [0.15, 0.2) is 83.8 Å². The average molecular weight is 563 g/mol. The third kappa shape index (κ3) is 7.25. The molecular formula is C27H29Cl2N3O4S. The van der Waals surface area contributed by atoms with Crippen LogP contribution in [0.4, 0.5) is 5.69 Å². The molecule has 0 aliphatic heterocycles. The quantitative estimate of drug-likeness (QED) is 0.371. The van der Waals surface area contributed by atoms with Gasteiger partial charge in [-0.25, -0.2) is 8.42 Å². The minimum atomic E-state index is -4.09. The summed E-state index contributed by atoms with van der Waals surface area (Å²) in [5.41, 5.74) is 0.893. The van der Waals surface area contributed by atoms with E-state index in [1.165, 1.54) is 17.0 Å². The van der Waals surface area contributed by atoms with E-state index in [2.05, 4.69) is 5.32 Å². The van der Waals surface area contributed by atoms with Crippen molar-refractivity contribution in [2.45, 2.75) is 44.3 Å². The van der Waals surface area contributed by atoms with Crippen molar-refractivity contribution in [3.05, 3.63) is 94.5 Å². The first-order valence-corrected chi connectivity index (χ1v) is 13.9. The highest BCUT2D eigenvalue weighted by molar-refractivity contribution is 7.92. The van der Waals surface area contributed by atoms with Gasteiger partial charge in [-0.2, -0.15) is 0 Å². The third-order valence-corrected chi connectivity index (χ3v) is 7.98. The summed E-state index contributed by atoms with van der Waals surface area (Å²) in [6.45, 7) is 4.69. The Bertz CT molecular complexity index is 1340. The van der Waals surface area contributed by atoms with Crippen LogP contribution in [-0.2, 0) is 26.2 Å². The Morgan fingerprint density at radius 1 is 0.892 bits per heavy atom. The van der Waals surface area contributed by atoms with Crippen molar-refractivity contribution in [3.8, 4) is 0 Å². The van der Waals surface area contributed by atoms with Crippen molar-refractivity contribution in [1.29, 1.82) is 0 Å². The number of amides is 2. The summed E-state index contributed by atoms with van der Waals surface area (Å²) in [6, 6.07) is 20.1. The number of anilines is 1. The second-order valence-corrected chi connectivity index (χ2v) is 11.5. The lowest BCUT2D eigenvalue weighted by Crippen LogP contribution is -2.52. The Morgan fingerprint density at radius 2 is 1.49 bits per heavy atom. The fourth-order valence-electron chi connectivity index (χ4n) is 3.66. The molecule has 0 saturated carbocycles. The van der Waals surface area contributed by atoms with Crippen LogP contribution in [0.1, 0.15) is 26.3 Å². The molecule has 3 aromatic carbocycles. The van der Waals surface area contributed by atoms with Gasteiger partial charge < -0.3 is 10.2 Å². The molecule has 1 atom stereocenters. The second-order valence-electron chi connectivity index (χ2n) is 8.76. The normalized spacial score (nSPS) is 12.2. The number of hydrogen-bond donors (Lipinski definition) is 1. The van der Waals surface area contributed by atoms with E-state index < -0.39 is 28.5 Å². The van der Waals surface area contributed by atoms with Crippen molar-refractivity contribution in [2.75, 3.05) is 10.8 Å². The van der Waals surface area contributed by atoms with E-state index >= 15 is 0 Å². The predicted molar refractivity (Wildman–Crippen MR) is 147 cm³/mol. The zero-order chi connectivity index (χ0) is 27.2. The molecule has 3 aromatic rings. The maximum Gasteiger partial charge on any atom is 0.264 e. The third-order valence-electron chi connectivity index (χ3n) is 5.61. The Labute approximate surface area is 228 Å². The standard InChI is InChI=1S/C27H29Cl2N3O4S/c1-19(2)30-27(34)20(3)31(17-21-14-15-22(28)16-25(21)29)26(33)18-32(23-10-6-4-7-11-23)37(35,36)24-12-8-5-9-13-24/h4-16,19-20H,17-18H2,1-3H3,(H,30,34). The summed E-state index contributed by atoms with van der Waals surface area (Å²) in [5.74, 6) is -0.939. The molecule has 0 heterocycles. The molecule has 0 saturated heterocycles. The molecule has 0 aromatic heterocycles. The first kappa shape index (κ1) is 28.5. The zero-order valence-electron chi connectivity index (χ0n) is 20.8. The lowest BCUT2D eigenvalue weighted by Gasteiger charge is -2.32. The van der Waals surface area contributed by atoms with Crippen molar-refractivity contribution in [1.82, 2.24) is 10.2 Å². The summed E-state index contributed by atoms with van der Waals surface area (Å²) in [5, 5.41) is 3.57. The van der Waals surface area contributed by atoms with Gasteiger partial charge in [0.15, 0.2) is 0 Å². The topological polar surface area (TPSA) is 86.8 Å². The number of para-hydroxylation sites is 1. The first-order chi connectivity index (χ1) is 17.5. The summed E-state index contributed by atoms with van der Waals surface area (Å²) in [7, 11) is -4.09. The van der Waals surface area contributed by atoms with E-state index in [9.17, 15) is 18.0 Å². The molecule has 196 valence electrons. The maximum absolute atomic E-state index is 13.8. The molecule has 1 unspecified atom stereocenters. The highest BCUT2D eigenvalue weighted by Gasteiger charge is 2.32. The van der Waals surface area contributed by atoms with Crippen LogP contribution in [0.3, 0.4) is 0 Å². The number of carbonyl (C=O) groups is 2. The molecule has 7 nitrogen and oxygen atoms in total. The molecule has 37 heavy (non-hydrogen) atoms. The van der Waals surface area contributed by atoms with Gasteiger partial charge in [0.05, 0.1) is 10.6 Å². The monoisotopic (exact) mass is 561 g/mol. The van der Waals surface area contributed by atoms with Crippen LogP contribution >= 0.6 is 23.2 Å². The van der Waals surface area contributed by atoms with Gasteiger partial charge >= 0.3 is 0 Å². The fraction of sp³-hybridized carbons (Fsp3) is 0.259. The van der Waals surface area contributed by atoms with Gasteiger partial charge in [0.2, 0.25) is 11.8 Å². The highest BCUT2D eigenvalue weighted by Crippen LogP contribution is 2.26. The Kier molecular flexibility index (Phi) is 9.59. The highest BCUT2D eigenvalue weighted by atomic mass is 35.5. The summed E-state index contributed by atoms with van der Waals surface area (Å²) < 4.78 is 28.3. The molecule has 0 aliphatic carbocycles. The van der Waals surface area contributed by atoms with Gasteiger partial charge in [0.25, 0.3) is 10.0 Å². The van der Waals surface area contributed by atoms with E-state index in [1.807, 2.05) is 13.8 Å². The Morgan fingerprint density at radius 3 is 2.05 bits per heavy atom. The minimum absolute atomic E-state index is 0.0183. The van der Waals surface area contributed by atoms with Crippen LogP contribution in [0.5, 0.6) is 0 Å². The molecule has 3 rings (SSSR count). The molecule has 0 spiro atoms. The van der Waals surface area contributed by atoms with Gasteiger partial charge in [-0.15, -0.1) is 0 Å². The molecule has 10 heteroatoms. The van der Waals surface area contributed by atoms with Gasteiger partial charge in [-0.1, -0.05) is 65.7 Å². The summed E-state index contributed by atoms with van der Waals surface area (Å²) >= 11 is 12.4. The molecular weight excluding hydrogens is 533 g/mol. The number of halogens is 2. The molecule has 0 aliphatic rings. The molecule has 1 N–H and O–H groups in total. The van der Waals surface area contributed by atoms with E-state index in [4.69, 9.17) is 23.2 Å². The van der Waals surface area contributed by atoms with Crippen LogP contribution in [0.2, 0.25) is 10.0 Å². The lowest BCUT2D eigenvalue weighted by molar-refractivity contribution is -0.139. The molecule has 0 fully saturated rings. The number of rotatable bonds is 10. The van der Waals surface area contributed by atoms with Gasteiger partial charge in [-0.05, 0) is 62.7 Å². The van der Waals surface area contributed by atoms with Gasteiger partial charge in [0.1, 0.15) is 12.6 Å². The lowest BCUT2D eigenvalue weighted by atomic mass is 10.1. The van der Waals surface area contributed by atoms with Crippen LogP contribution in [0, 0.1) is 0 Å². The van der Waals surface area contributed by atoms with Crippen molar-refractivity contribution < 1.29 is 18.0 Å². The number of nitrogens with zero attached hydrogens (tertiary/aromatic N) is 2. The minimum Gasteiger partial charge on any atom is -0.352 e. The van der Waals surface area contributed by atoms with Crippen molar-refractivity contribution in [2.24, 2.45) is 0 Å². The van der Waals surface area contributed by atoms with E-state index in [-0.39, 0.29) is 23.4 Å². The average Bonchev–Trinajstić information content (AvgIpc) is 2.87. The number of hydrogen-bond acceptors (Lipinski definition) is 4. The SMILES string of the molecule is CC(C)NC(=O)C(C)N(Cc1ccc(Cl)cc1Cl)C(=O)CN(c1ccccc1)S(=O)(=O)c1ccccc1. The van der Waals surface area contributed by atoms with Crippen molar-refractivity contribution in [3.63, 3.8) is 0 Å². The molecule has 0 radical (unpaired) electrons. The number of sulfonamides is 1. The zero-order valence-corrected chi connectivity index (χ0v) is 23.1.